The van der Waals surface area contributed by atoms with Crippen molar-refractivity contribution in [2.75, 3.05) is 0 Å². The molecule has 0 aliphatic rings. The maximum Gasteiger partial charge on any atom is 0 e. The molecule has 1 aromatic carbocycles. The summed E-state index contributed by atoms with van der Waals surface area (Å²) in [5.74, 6) is -1.55. The Morgan fingerprint density at radius 1 is 1.07 bits per heavy atom. The molecular formula is C9H8F2SY2-2. The van der Waals surface area contributed by atoms with E-state index in [1.807, 2.05) is 0 Å². The van der Waals surface area contributed by atoms with Gasteiger partial charge in [0.2, 0.25) is 0 Å². The van der Waals surface area contributed by atoms with Crippen LogP contribution >= 0.6 is 12.6 Å². The number of benzene rings is 1. The first-order valence-electron chi connectivity index (χ1n) is 3.54. The molecule has 14 heavy (non-hydrogen) atoms. The molecular weight excluding hydrogens is 356 g/mol. The van der Waals surface area contributed by atoms with E-state index >= 15 is 0 Å². The Bertz CT molecular complexity index is 280. The van der Waals surface area contributed by atoms with Gasteiger partial charge in [-0.3, -0.25) is 8.78 Å². The number of rotatable bonds is 1. The van der Waals surface area contributed by atoms with Crippen LogP contribution in [0.2, 0.25) is 0 Å². The monoisotopic (exact) mass is 364 g/mol. The second-order valence-electron chi connectivity index (χ2n) is 2.79. The molecule has 0 saturated heterocycles. The van der Waals surface area contributed by atoms with E-state index < -0.39 is 11.6 Å². The molecule has 0 aliphatic carbocycles. The fourth-order valence-electron chi connectivity index (χ4n) is 0.977. The second kappa shape index (κ2) is 7.84. The Balaban J connectivity index is 0. The summed E-state index contributed by atoms with van der Waals surface area (Å²) in [7, 11) is 0. The van der Waals surface area contributed by atoms with E-state index in [2.05, 4.69) is 24.8 Å². The van der Waals surface area contributed by atoms with Crippen molar-refractivity contribution >= 4 is 12.6 Å². The predicted molar refractivity (Wildman–Crippen MR) is 45.4 cm³/mol. The van der Waals surface area contributed by atoms with E-state index in [-0.39, 0.29) is 81.8 Å². The maximum atomic E-state index is 13.0. The van der Waals surface area contributed by atoms with Crippen molar-refractivity contribution < 1.29 is 74.2 Å². The van der Waals surface area contributed by atoms with Crippen molar-refractivity contribution in [1.82, 2.24) is 0 Å². The Morgan fingerprint density at radius 3 is 1.71 bits per heavy atom. The van der Waals surface area contributed by atoms with Gasteiger partial charge in [0.1, 0.15) is 0 Å². The first-order valence-corrected chi connectivity index (χ1v) is 3.99. The van der Waals surface area contributed by atoms with E-state index in [0.717, 1.165) is 0 Å². The normalized spacial score (nSPS) is 9.29. The van der Waals surface area contributed by atoms with Gasteiger partial charge in [0, 0.05) is 65.4 Å². The molecule has 0 aromatic heterocycles. The molecule has 0 bridgehead atoms. The van der Waals surface area contributed by atoms with Crippen molar-refractivity contribution in [3.63, 3.8) is 0 Å². The minimum atomic E-state index is -0.675. The van der Waals surface area contributed by atoms with E-state index in [1.54, 1.807) is 13.8 Å². The Labute approximate surface area is 139 Å². The zero-order valence-corrected chi connectivity index (χ0v) is 14.5. The molecule has 72 valence electrons. The van der Waals surface area contributed by atoms with Gasteiger partial charge in [-0.25, -0.2) is 10.5 Å². The Morgan fingerprint density at radius 2 is 1.43 bits per heavy atom. The fourth-order valence-corrected chi connectivity index (χ4v) is 1.17. The van der Waals surface area contributed by atoms with Crippen LogP contribution in [0.25, 0.3) is 0 Å². The Hall–Kier alpha value is 1.64. The van der Waals surface area contributed by atoms with E-state index in [4.69, 9.17) is 0 Å². The number of halogens is 2. The van der Waals surface area contributed by atoms with Gasteiger partial charge in [-0.15, -0.1) is 5.92 Å². The molecule has 0 aliphatic heterocycles. The molecule has 0 nitrogen and oxygen atoms in total. The Kier molecular flexibility index (Phi) is 10.1. The summed E-state index contributed by atoms with van der Waals surface area (Å²) >= 11 is 3.75. The van der Waals surface area contributed by atoms with Gasteiger partial charge < -0.3 is 12.1 Å². The van der Waals surface area contributed by atoms with Gasteiger partial charge in [-0.05, 0) is 0 Å². The van der Waals surface area contributed by atoms with Gasteiger partial charge >= 0.3 is 0 Å². The summed E-state index contributed by atoms with van der Waals surface area (Å²) in [5, 5.41) is 0. The van der Waals surface area contributed by atoms with Gasteiger partial charge in [0.15, 0.2) is 0 Å². The summed E-state index contributed by atoms with van der Waals surface area (Å²) in [6.45, 7) is 3.42. The van der Waals surface area contributed by atoms with Crippen LogP contribution in [0, 0.1) is 23.8 Å². The molecule has 0 heterocycles. The van der Waals surface area contributed by atoms with Gasteiger partial charge in [-0.2, -0.15) is 12.6 Å². The second-order valence-corrected chi connectivity index (χ2v) is 3.24. The van der Waals surface area contributed by atoms with Crippen LogP contribution in [0.5, 0.6) is 0 Å². The minimum Gasteiger partial charge on any atom is -0.308 e. The number of hydrogen-bond donors (Lipinski definition) is 1. The van der Waals surface area contributed by atoms with Crippen LogP contribution in [0.1, 0.15) is 25.3 Å². The average Bonchev–Trinajstić information content (AvgIpc) is 1.82. The van der Waals surface area contributed by atoms with E-state index in [0.29, 0.717) is 0 Å². The molecule has 0 spiro atoms. The molecule has 5 heteroatoms. The molecule has 0 N–H and O–H groups in total. The van der Waals surface area contributed by atoms with Gasteiger partial charge in [0.25, 0.3) is 0 Å². The summed E-state index contributed by atoms with van der Waals surface area (Å²) in [6.07, 6.45) is 0. The fraction of sp³-hybridized carbons (Fsp3) is 0.333. The smallest absolute Gasteiger partial charge is 0 e. The maximum absolute atomic E-state index is 13.0. The third-order valence-corrected chi connectivity index (χ3v) is 1.73. The number of hydrogen-bond acceptors (Lipinski definition) is 1. The molecule has 0 atom stereocenters. The first-order chi connectivity index (χ1) is 5.52. The van der Waals surface area contributed by atoms with E-state index in [9.17, 15) is 8.78 Å². The van der Waals surface area contributed by atoms with Crippen molar-refractivity contribution in [3.05, 3.63) is 29.3 Å². The third-order valence-electron chi connectivity index (χ3n) is 1.51. The zero-order chi connectivity index (χ0) is 9.30. The molecule has 0 saturated carbocycles. The molecule has 0 amide bonds. The SMILES string of the molecule is CC(C)c1c(F)[c-]c(S)[c-]c1F.[Y].[Y]. The third kappa shape index (κ3) is 4.65. The van der Waals surface area contributed by atoms with Crippen LogP contribution in [0.15, 0.2) is 4.90 Å². The van der Waals surface area contributed by atoms with Crippen LogP contribution in [0.3, 0.4) is 0 Å². The van der Waals surface area contributed by atoms with Gasteiger partial charge in [-0.1, -0.05) is 25.5 Å². The van der Waals surface area contributed by atoms with E-state index in [1.165, 1.54) is 0 Å². The molecule has 2 radical (unpaired) electrons. The molecule has 1 aromatic rings. The molecule has 0 unspecified atom stereocenters. The molecule has 1 rings (SSSR count). The number of thiol groups is 1. The largest absolute Gasteiger partial charge is 0.308 e. The summed E-state index contributed by atoms with van der Waals surface area (Å²) < 4.78 is 26.0. The first kappa shape index (κ1) is 18.0. The van der Waals surface area contributed by atoms with Gasteiger partial charge in [0.05, 0.1) is 0 Å². The summed E-state index contributed by atoms with van der Waals surface area (Å²) in [6, 6.07) is 4.53. The van der Waals surface area contributed by atoms with Crippen molar-refractivity contribution in [3.8, 4) is 0 Å². The quantitative estimate of drug-likeness (QED) is 0.575. The van der Waals surface area contributed by atoms with Crippen molar-refractivity contribution in [2.45, 2.75) is 24.7 Å². The predicted octanol–water partition coefficient (Wildman–Crippen LogP) is 2.97. The summed E-state index contributed by atoms with van der Waals surface area (Å²) in [4.78, 5) is 0.0643. The van der Waals surface area contributed by atoms with Crippen LogP contribution in [0.4, 0.5) is 8.78 Å². The zero-order valence-electron chi connectivity index (χ0n) is 7.94. The molecule has 0 fully saturated rings. The van der Waals surface area contributed by atoms with Crippen LogP contribution in [-0.4, -0.2) is 0 Å². The minimum absolute atomic E-state index is 0. The van der Waals surface area contributed by atoms with Crippen molar-refractivity contribution in [1.29, 1.82) is 0 Å². The summed E-state index contributed by atoms with van der Waals surface area (Å²) in [5.41, 5.74) is 0.0211. The average molecular weight is 364 g/mol. The topological polar surface area (TPSA) is 0 Å². The van der Waals surface area contributed by atoms with Crippen LogP contribution in [-0.2, 0) is 65.4 Å². The standard InChI is InChI=1S/C9H8F2S.2Y/c1-5(2)9-7(10)3-6(12)4-8(9)11;;/h5,12H,1-2H3;;/q-2;;. The van der Waals surface area contributed by atoms with Crippen molar-refractivity contribution in [2.24, 2.45) is 0 Å². The van der Waals surface area contributed by atoms with Crippen LogP contribution < -0.4 is 0 Å².